The SMILES string of the molecule is C[C@]1(C(=O)O)CCCC[C@H]1O. The Morgan fingerprint density at radius 1 is 1.55 bits per heavy atom. The number of hydrogen-bond acceptors (Lipinski definition) is 2. The van der Waals surface area contributed by atoms with E-state index < -0.39 is 17.5 Å². The number of aliphatic hydroxyl groups excluding tert-OH is 1. The highest BCUT2D eigenvalue weighted by Gasteiger charge is 2.41. The second-order valence-corrected chi connectivity index (χ2v) is 3.48. The highest BCUT2D eigenvalue weighted by molar-refractivity contribution is 5.75. The minimum absolute atomic E-state index is 0.601. The molecule has 3 heteroatoms. The molecule has 0 unspecified atom stereocenters. The number of carboxylic acid groups (broad SMARTS) is 1. The van der Waals surface area contributed by atoms with Gasteiger partial charge in [-0.2, -0.15) is 0 Å². The van der Waals surface area contributed by atoms with Gasteiger partial charge in [0.05, 0.1) is 11.5 Å². The standard InChI is InChI=1S/C8H14O3/c1-8(7(10)11)5-3-2-4-6(8)9/h6,9H,2-5H2,1H3,(H,10,11)/t6-,8+/m1/s1. The van der Waals surface area contributed by atoms with Crippen molar-refractivity contribution in [2.45, 2.75) is 38.7 Å². The number of aliphatic hydroxyl groups is 1. The van der Waals surface area contributed by atoms with E-state index in [4.69, 9.17) is 5.11 Å². The van der Waals surface area contributed by atoms with Crippen molar-refractivity contribution in [2.24, 2.45) is 5.41 Å². The maximum atomic E-state index is 10.7. The van der Waals surface area contributed by atoms with Crippen molar-refractivity contribution < 1.29 is 15.0 Å². The highest BCUT2D eigenvalue weighted by Crippen LogP contribution is 2.36. The molecule has 2 N–H and O–H groups in total. The van der Waals surface area contributed by atoms with E-state index in [0.717, 1.165) is 12.8 Å². The molecule has 0 aromatic rings. The Balaban J connectivity index is 2.72. The minimum atomic E-state index is -0.891. The first kappa shape index (κ1) is 8.53. The summed E-state index contributed by atoms with van der Waals surface area (Å²) in [6.07, 6.45) is 2.43. The van der Waals surface area contributed by atoms with Gasteiger partial charge in [0.15, 0.2) is 0 Å². The lowest BCUT2D eigenvalue weighted by Gasteiger charge is -2.34. The van der Waals surface area contributed by atoms with Crippen LogP contribution in [0.15, 0.2) is 0 Å². The number of hydrogen-bond donors (Lipinski definition) is 2. The Morgan fingerprint density at radius 3 is 2.55 bits per heavy atom. The van der Waals surface area contributed by atoms with E-state index in [0.29, 0.717) is 12.8 Å². The first-order valence-corrected chi connectivity index (χ1v) is 3.99. The first-order chi connectivity index (χ1) is 5.07. The van der Waals surface area contributed by atoms with Crippen LogP contribution in [0.25, 0.3) is 0 Å². The summed E-state index contributed by atoms with van der Waals surface area (Å²) < 4.78 is 0. The molecule has 0 aromatic carbocycles. The lowest BCUT2D eigenvalue weighted by Crippen LogP contribution is -2.42. The van der Waals surface area contributed by atoms with Crippen LogP contribution >= 0.6 is 0 Å². The Bertz CT molecular complexity index is 167. The smallest absolute Gasteiger partial charge is 0.311 e. The third-order valence-electron chi connectivity index (χ3n) is 2.65. The molecule has 0 spiro atoms. The molecule has 64 valence electrons. The van der Waals surface area contributed by atoms with Crippen molar-refractivity contribution in [1.82, 2.24) is 0 Å². The normalized spacial score (nSPS) is 38.5. The molecule has 1 rings (SSSR count). The summed E-state index contributed by atoms with van der Waals surface area (Å²) in [6, 6.07) is 0. The van der Waals surface area contributed by atoms with Gasteiger partial charge >= 0.3 is 5.97 Å². The van der Waals surface area contributed by atoms with Crippen molar-refractivity contribution >= 4 is 5.97 Å². The van der Waals surface area contributed by atoms with E-state index in [1.165, 1.54) is 0 Å². The Hall–Kier alpha value is -0.570. The third kappa shape index (κ3) is 1.38. The van der Waals surface area contributed by atoms with Crippen LogP contribution in [-0.4, -0.2) is 22.3 Å². The molecule has 1 aliphatic rings. The van der Waals surface area contributed by atoms with Crippen molar-refractivity contribution in [1.29, 1.82) is 0 Å². The van der Waals surface area contributed by atoms with Crippen LogP contribution in [0.3, 0.4) is 0 Å². The van der Waals surface area contributed by atoms with E-state index in [1.807, 2.05) is 0 Å². The summed E-state index contributed by atoms with van der Waals surface area (Å²) in [5.74, 6) is -0.871. The van der Waals surface area contributed by atoms with Crippen LogP contribution in [0.5, 0.6) is 0 Å². The molecule has 1 saturated carbocycles. The molecule has 0 bridgehead atoms. The van der Waals surface area contributed by atoms with Gasteiger partial charge in [-0.15, -0.1) is 0 Å². The predicted octanol–water partition coefficient (Wildman–Crippen LogP) is 1.01. The molecule has 0 saturated heterocycles. The summed E-state index contributed by atoms with van der Waals surface area (Å²) in [6.45, 7) is 1.62. The van der Waals surface area contributed by atoms with Gasteiger partial charge in [-0.3, -0.25) is 4.79 Å². The molecule has 3 nitrogen and oxygen atoms in total. The molecular weight excluding hydrogens is 144 g/mol. The van der Waals surface area contributed by atoms with E-state index in [9.17, 15) is 9.90 Å². The topological polar surface area (TPSA) is 57.5 Å². The highest BCUT2D eigenvalue weighted by atomic mass is 16.4. The lowest BCUT2D eigenvalue weighted by molar-refractivity contribution is -0.158. The predicted molar refractivity (Wildman–Crippen MR) is 40.2 cm³/mol. The van der Waals surface area contributed by atoms with Crippen molar-refractivity contribution in [3.63, 3.8) is 0 Å². The largest absolute Gasteiger partial charge is 0.481 e. The maximum Gasteiger partial charge on any atom is 0.311 e. The van der Waals surface area contributed by atoms with Crippen LogP contribution in [0.1, 0.15) is 32.6 Å². The van der Waals surface area contributed by atoms with Crippen molar-refractivity contribution in [3.05, 3.63) is 0 Å². The van der Waals surface area contributed by atoms with Crippen molar-refractivity contribution in [2.75, 3.05) is 0 Å². The van der Waals surface area contributed by atoms with Gasteiger partial charge in [0.25, 0.3) is 0 Å². The van der Waals surface area contributed by atoms with Crippen LogP contribution < -0.4 is 0 Å². The zero-order valence-electron chi connectivity index (χ0n) is 6.71. The number of rotatable bonds is 1. The molecule has 1 aliphatic carbocycles. The van der Waals surface area contributed by atoms with Crippen LogP contribution in [0.4, 0.5) is 0 Å². The fourth-order valence-corrected chi connectivity index (χ4v) is 1.56. The van der Waals surface area contributed by atoms with E-state index in [1.54, 1.807) is 6.92 Å². The minimum Gasteiger partial charge on any atom is -0.481 e. The number of aliphatic carboxylic acids is 1. The number of carbonyl (C=O) groups is 1. The second kappa shape index (κ2) is 2.81. The number of carboxylic acids is 1. The van der Waals surface area contributed by atoms with Gasteiger partial charge < -0.3 is 10.2 Å². The van der Waals surface area contributed by atoms with Gasteiger partial charge in [0, 0.05) is 0 Å². The Labute approximate surface area is 66.0 Å². The molecular formula is C8H14O3. The molecule has 0 aliphatic heterocycles. The summed E-state index contributed by atoms with van der Waals surface area (Å²) in [5.41, 5.74) is -0.891. The summed E-state index contributed by atoms with van der Waals surface area (Å²) in [7, 11) is 0. The van der Waals surface area contributed by atoms with Crippen LogP contribution in [0.2, 0.25) is 0 Å². The van der Waals surface area contributed by atoms with E-state index in [-0.39, 0.29) is 0 Å². The summed E-state index contributed by atoms with van der Waals surface area (Å²) in [5, 5.41) is 18.2. The van der Waals surface area contributed by atoms with Gasteiger partial charge in [0.2, 0.25) is 0 Å². The molecule has 2 atom stereocenters. The van der Waals surface area contributed by atoms with Crippen LogP contribution in [-0.2, 0) is 4.79 Å². The summed E-state index contributed by atoms with van der Waals surface area (Å²) >= 11 is 0. The Morgan fingerprint density at radius 2 is 2.18 bits per heavy atom. The average Bonchev–Trinajstić information content (AvgIpc) is 1.95. The maximum absolute atomic E-state index is 10.7. The van der Waals surface area contributed by atoms with Gasteiger partial charge in [-0.25, -0.2) is 0 Å². The summed E-state index contributed by atoms with van der Waals surface area (Å²) in [4.78, 5) is 10.7. The average molecular weight is 158 g/mol. The zero-order chi connectivity index (χ0) is 8.48. The van der Waals surface area contributed by atoms with Gasteiger partial charge in [-0.1, -0.05) is 12.8 Å². The molecule has 0 aromatic heterocycles. The molecule has 1 fully saturated rings. The monoisotopic (exact) mass is 158 g/mol. The van der Waals surface area contributed by atoms with E-state index >= 15 is 0 Å². The van der Waals surface area contributed by atoms with Gasteiger partial charge in [0.1, 0.15) is 0 Å². The molecule has 0 heterocycles. The Kier molecular flexibility index (Phi) is 2.18. The fraction of sp³-hybridized carbons (Fsp3) is 0.875. The van der Waals surface area contributed by atoms with Crippen LogP contribution in [0, 0.1) is 5.41 Å². The lowest BCUT2D eigenvalue weighted by atomic mass is 9.73. The third-order valence-corrected chi connectivity index (χ3v) is 2.65. The second-order valence-electron chi connectivity index (χ2n) is 3.48. The zero-order valence-corrected chi connectivity index (χ0v) is 6.71. The quantitative estimate of drug-likeness (QED) is 0.598. The molecule has 11 heavy (non-hydrogen) atoms. The first-order valence-electron chi connectivity index (χ1n) is 3.99. The van der Waals surface area contributed by atoms with Gasteiger partial charge in [-0.05, 0) is 19.8 Å². The van der Waals surface area contributed by atoms with Crippen molar-refractivity contribution in [3.8, 4) is 0 Å². The molecule has 0 radical (unpaired) electrons. The van der Waals surface area contributed by atoms with E-state index in [2.05, 4.69) is 0 Å². The molecule has 0 amide bonds. The fourth-order valence-electron chi connectivity index (χ4n) is 1.56.